The van der Waals surface area contributed by atoms with E-state index in [1.165, 1.54) is 13.8 Å². The van der Waals surface area contributed by atoms with Crippen LogP contribution < -0.4 is 0 Å². The molecule has 0 aliphatic rings. The van der Waals surface area contributed by atoms with Gasteiger partial charge in [-0.25, -0.2) is 0 Å². The molecule has 0 rings (SSSR count). The number of nitrogens with zero attached hydrogens (tertiary/aromatic N) is 1. The number of esters is 1. The Labute approximate surface area is 58.1 Å². The van der Waals surface area contributed by atoms with E-state index < -0.39 is 16.9 Å². The molecule has 0 radical (unpaired) electrons. The highest BCUT2D eigenvalue weighted by molar-refractivity contribution is 5.65. The second-order valence-electron chi connectivity index (χ2n) is 1.94. The second-order valence-corrected chi connectivity index (χ2v) is 1.94. The predicted octanol–water partition coefficient (Wildman–Crippen LogP) is 0.215. The molecule has 10 heavy (non-hydrogen) atoms. The van der Waals surface area contributed by atoms with Crippen LogP contribution in [0.5, 0.6) is 0 Å². The lowest BCUT2D eigenvalue weighted by molar-refractivity contribution is -0.520. The van der Waals surface area contributed by atoms with Gasteiger partial charge in [0.2, 0.25) is 6.04 Å². The van der Waals surface area contributed by atoms with Gasteiger partial charge in [-0.15, -0.1) is 0 Å². The molecule has 0 spiro atoms. The number of hydrogen-bond acceptors (Lipinski definition) is 4. The van der Waals surface area contributed by atoms with Gasteiger partial charge in [-0.2, -0.15) is 0 Å². The number of carbonyl (C=O) groups excluding carboxylic acids is 1. The summed E-state index contributed by atoms with van der Waals surface area (Å²) in [6.45, 7) is 2.44. The molecule has 0 saturated heterocycles. The van der Waals surface area contributed by atoms with Gasteiger partial charge >= 0.3 is 5.97 Å². The Morgan fingerprint density at radius 3 is 2.60 bits per heavy atom. The maximum atomic E-state index is 10.1. The maximum absolute atomic E-state index is 10.1. The van der Waals surface area contributed by atoms with Crippen LogP contribution in [0.4, 0.5) is 0 Å². The lowest BCUT2D eigenvalue weighted by Crippen LogP contribution is -2.22. The first-order valence-corrected chi connectivity index (χ1v) is 2.81. The van der Waals surface area contributed by atoms with E-state index in [9.17, 15) is 14.9 Å². The summed E-state index contributed by atoms with van der Waals surface area (Å²) in [6.07, 6.45) is 0. The molecule has 0 amide bonds. The van der Waals surface area contributed by atoms with Crippen molar-refractivity contribution in [2.24, 2.45) is 0 Å². The Balaban J connectivity index is 3.49. The minimum atomic E-state index is -0.816. The van der Waals surface area contributed by atoms with Gasteiger partial charge < -0.3 is 4.74 Å². The molecule has 0 heterocycles. The number of rotatable bonds is 3. The van der Waals surface area contributed by atoms with Gasteiger partial charge in [0.1, 0.15) is 0 Å². The van der Waals surface area contributed by atoms with E-state index in [1.807, 2.05) is 0 Å². The predicted molar refractivity (Wildman–Crippen MR) is 33.1 cm³/mol. The van der Waals surface area contributed by atoms with Crippen LogP contribution in [0.25, 0.3) is 0 Å². The zero-order valence-corrected chi connectivity index (χ0v) is 5.86. The molecule has 0 aromatic carbocycles. The van der Waals surface area contributed by atoms with Crippen LogP contribution >= 0.6 is 0 Å². The Morgan fingerprint density at radius 2 is 2.30 bits per heavy atom. The first kappa shape index (κ1) is 8.87. The third-order valence-electron chi connectivity index (χ3n) is 0.888. The van der Waals surface area contributed by atoms with Gasteiger partial charge in [0.15, 0.2) is 6.61 Å². The zero-order valence-electron chi connectivity index (χ0n) is 5.86. The van der Waals surface area contributed by atoms with Crippen LogP contribution in [0.1, 0.15) is 13.8 Å². The Hall–Kier alpha value is -1.13. The SMILES string of the molecule is CC(=O)OCC(C)[N+](=O)[O-]. The molecule has 1 unspecified atom stereocenters. The van der Waals surface area contributed by atoms with Crippen LogP contribution in [0, 0.1) is 10.1 Å². The normalized spacial score (nSPS) is 12.2. The van der Waals surface area contributed by atoms with Crippen molar-refractivity contribution in [3.63, 3.8) is 0 Å². The summed E-state index contributed by atoms with van der Waals surface area (Å²) >= 11 is 0. The summed E-state index contributed by atoms with van der Waals surface area (Å²) in [7, 11) is 0. The summed E-state index contributed by atoms with van der Waals surface area (Å²) in [5.41, 5.74) is 0. The summed E-state index contributed by atoms with van der Waals surface area (Å²) in [4.78, 5) is 19.6. The first-order chi connectivity index (χ1) is 4.54. The lowest BCUT2D eigenvalue weighted by atomic mass is 10.4. The molecule has 0 aromatic heterocycles. The van der Waals surface area contributed by atoms with Gasteiger partial charge in [-0.05, 0) is 0 Å². The maximum Gasteiger partial charge on any atom is 0.302 e. The molecule has 5 heteroatoms. The third-order valence-corrected chi connectivity index (χ3v) is 0.888. The van der Waals surface area contributed by atoms with E-state index in [-0.39, 0.29) is 6.61 Å². The minimum absolute atomic E-state index is 0.150. The molecular formula is C5H9NO4. The van der Waals surface area contributed by atoms with E-state index in [1.54, 1.807) is 0 Å². The standard InChI is InChI=1S/C5H9NO4/c1-4(6(8)9)3-10-5(2)7/h4H,3H2,1-2H3. The molecule has 0 aliphatic heterocycles. The van der Waals surface area contributed by atoms with E-state index in [0.29, 0.717) is 0 Å². The third kappa shape index (κ3) is 3.82. The molecule has 1 atom stereocenters. The topological polar surface area (TPSA) is 69.4 Å². The van der Waals surface area contributed by atoms with Crippen molar-refractivity contribution in [2.45, 2.75) is 19.9 Å². The molecule has 0 aliphatic carbocycles. The van der Waals surface area contributed by atoms with Gasteiger partial charge in [-0.1, -0.05) is 0 Å². The molecule has 58 valence electrons. The van der Waals surface area contributed by atoms with E-state index >= 15 is 0 Å². The minimum Gasteiger partial charge on any atom is -0.459 e. The molecule has 5 nitrogen and oxygen atoms in total. The fourth-order valence-corrected chi connectivity index (χ4v) is 0.299. The van der Waals surface area contributed by atoms with Crippen molar-refractivity contribution in [2.75, 3.05) is 6.61 Å². The molecule has 0 bridgehead atoms. The van der Waals surface area contributed by atoms with Crippen LogP contribution in [-0.4, -0.2) is 23.5 Å². The van der Waals surface area contributed by atoms with Gasteiger partial charge in [0.25, 0.3) is 0 Å². The summed E-state index contributed by atoms with van der Waals surface area (Å²) < 4.78 is 4.38. The Morgan fingerprint density at radius 1 is 1.80 bits per heavy atom. The van der Waals surface area contributed by atoms with Gasteiger partial charge in [0.05, 0.1) is 0 Å². The number of nitro groups is 1. The van der Waals surface area contributed by atoms with E-state index in [4.69, 9.17) is 0 Å². The summed E-state index contributed by atoms with van der Waals surface area (Å²) in [5, 5.41) is 9.93. The quantitative estimate of drug-likeness (QED) is 0.325. The largest absolute Gasteiger partial charge is 0.459 e. The van der Waals surface area contributed by atoms with Crippen molar-refractivity contribution >= 4 is 5.97 Å². The highest BCUT2D eigenvalue weighted by atomic mass is 16.6. The number of ether oxygens (including phenoxy) is 1. The first-order valence-electron chi connectivity index (χ1n) is 2.81. The average molecular weight is 147 g/mol. The van der Waals surface area contributed by atoms with Gasteiger partial charge in [-0.3, -0.25) is 14.9 Å². The zero-order chi connectivity index (χ0) is 8.15. The molecule has 0 aromatic rings. The van der Waals surface area contributed by atoms with Crippen molar-refractivity contribution < 1.29 is 14.5 Å². The van der Waals surface area contributed by atoms with Crippen LogP contribution in [0.15, 0.2) is 0 Å². The monoisotopic (exact) mass is 147 g/mol. The highest BCUT2D eigenvalue weighted by Crippen LogP contribution is 1.89. The fraction of sp³-hybridized carbons (Fsp3) is 0.800. The number of carbonyl (C=O) groups is 1. The van der Waals surface area contributed by atoms with Crippen LogP contribution in [-0.2, 0) is 9.53 Å². The Kier molecular flexibility index (Phi) is 3.38. The van der Waals surface area contributed by atoms with Crippen molar-refractivity contribution in [1.82, 2.24) is 0 Å². The van der Waals surface area contributed by atoms with Crippen molar-refractivity contribution in [1.29, 1.82) is 0 Å². The second kappa shape index (κ2) is 3.81. The smallest absolute Gasteiger partial charge is 0.302 e. The lowest BCUT2D eigenvalue weighted by Gasteiger charge is -2.02. The van der Waals surface area contributed by atoms with E-state index in [2.05, 4.69) is 4.74 Å². The molecular weight excluding hydrogens is 138 g/mol. The van der Waals surface area contributed by atoms with Crippen LogP contribution in [0.2, 0.25) is 0 Å². The number of hydrogen-bond donors (Lipinski definition) is 0. The molecule has 0 saturated carbocycles. The fourth-order valence-electron chi connectivity index (χ4n) is 0.299. The molecule has 0 fully saturated rings. The molecule has 0 N–H and O–H groups in total. The van der Waals surface area contributed by atoms with Gasteiger partial charge in [0, 0.05) is 18.8 Å². The van der Waals surface area contributed by atoms with E-state index in [0.717, 1.165) is 0 Å². The average Bonchev–Trinajstić information content (AvgIpc) is 1.82. The summed E-state index contributed by atoms with van der Waals surface area (Å²) in [5.74, 6) is -0.492. The van der Waals surface area contributed by atoms with Crippen molar-refractivity contribution in [3.8, 4) is 0 Å². The Bertz CT molecular complexity index is 145. The highest BCUT2D eigenvalue weighted by Gasteiger charge is 2.13. The summed E-state index contributed by atoms with van der Waals surface area (Å²) in [6, 6.07) is -0.816. The van der Waals surface area contributed by atoms with Crippen molar-refractivity contribution in [3.05, 3.63) is 10.1 Å². The van der Waals surface area contributed by atoms with Crippen LogP contribution in [0.3, 0.4) is 0 Å².